The Hall–Kier alpha value is -3.60. The van der Waals surface area contributed by atoms with Gasteiger partial charge >= 0.3 is 12.0 Å². The Bertz CT molecular complexity index is 1190. The summed E-state index contributed by atoms with van der Waals surface area (Å²) in [5, 5.41) is 13.3. The van der Waals surface area contributed by atoms with Gasteiger partial charge in [-0.2, -0.15) is 0 Å². The number of alkyl halides is 3. The highest BCUT2D eigenvalue weighted by Gasteiger charge is 2.35. The third kappa shape index (κ3) is 4.63. The number of methoxy groups -OCH3 is 1. The number of nitro benzene ring substituents is 1. The Kier molecular flexibility index (Phi) is 5.98. The lowest BCUT2D eigenvalue weighted by molar-refractivity contribution is -0.385. The highest BCUT2D eigenvalue weighted by atomic mass is 32.1. The van der Waals surface area contributed by atoms with E-state index in [1.54, 1.807) is 4.90 Å². The molecule has 172 valence electrons. The number of nitro groups is 1. The SMILES string of the molecule is COc1ccc(C(=O)N2CCc3sccc3C2c2ccc(OC(F)(F)F)cc2)cc1[N+](=O)[O-]. The van der Waals surface area contributed by atoms with Gasteiger partial charge in [0.15, 0.2) is 5.75 Å². The van der Waals surface area contributed by atoms with Gasteiger partial charge in [0.05, 0.1) is 18.1 Å². The van der Waals surface area contributed by atoms with Crippen LogP contribution in [0.1, 0.15) is 32.4 Å². The molecule has 0 fully saturated rings. The smallest absolute Gasteiger partial charge is 0.490 e. The number of rotatable bonds is 5. The lowest BCUT2D eigenvalue weighted by Gasteiger charge is -2.36. The van der Waals surface area contributed by atoms with Crippen molar-refractivity contribution in [2.24, 2.45) is 0 Å². The van der Waals surface area contributed by atoms with Crippen LogP contribution >= 0.6 is 11.3 Å². The molecule has 0 N–H and O–H groups in total. The highest BCUT2D eigenvalue weighted by Crippen LogP contribution is 2.40. The van der Waals surface area contributed by atoms with Crippen LogP contribution in [0, 0.1) is 10.1 Å². The number of carbonyl (C=O) groups is 1. The first kappa shape index (κ1) is 22.6. The third-order valence-electron chi connectivity index (χ3n) is 5.28. The van der Waals surface area contributed by atoms with Gasteiger partial charge in [0.1, 0.15) is 5.75 Å². The minimum absolute atomic E-state index is 0.0344. The molecular formula is C22H17F3N2O5S. The van der Waals surface area contributed by atoms with Crippen LogP contribution < -0.4 is 9.47 Å². The molecule has 0 radical (unpaired) electrons. The van der Waals surface area contributed by atoms with E-state index in [0.29, 0.717) is 18.5 Å². The van der Waals surface area contributed by atoms with Gasteiger partial charge in [-0.25, -0.2) is 0 Å². The molecule has 1 atom stereocenters. The number of benzene rings is 2. The molecule has 11 heteroatoms. The maximum atomic E-state index is 13.4. The van der Waals surface area contributed by atoms with E-state index in [0.717, 1.165) is 10.4 Å². The summed E-state index contributed by atoms with van der Waals surface area (Å²) in [4.78, 5) is 26.8. The van der Waals surface area contributed by atoms with Gasteiger partial charge < -0.3 is 14.4 Å². The number of fused-ring (bicyclic) bond motifs is 1. The van der Waals surface area contributed by atoms with E-state index in [9.17, 15) is 28.1 Å². The van der Waals surface area contributed by atoms with Crippen LogP contribution in [-0.2, 0) is 6.42 Å². The Labute approximate surface area is 190 Å². The zero-order valence-corrected chi connectivity index (χ0v) is 18.0. The summed E-state index contributed by atoms with van der Waals surface area (Å²) in [5.41, 5.74) is 1.25. The van der Waals surface area contributed by atoms with Crippen molar-refractivity contribution in [1.29, 1.82) is 0 Å². The van der Waals surface area contributed by atoms with Gasteiger partial charge in [-0.15, -0.1) is 24.5 Å². The van der Waals surface area contributed by atoms with Gasteiger partial charge in [0.2, 0.25) is 0 Å². The first-order chi connectivity index (χ1) is 15.7. The lowest BCUT2D eigenvalue weighted by atomic mass is 9.92. The van der Waals surface area contributed by atoms with E-state index in [4.69, 9.17) is 4.74 Å². The van der Waals surface area contributed by atoms with Gasteiger partial charge in [-0.3, -0.25) is 14.9 Å². The van der Waals surface area contributed by atoms with Crippen LogP contribution in [0.3, 0.4) is 0 Å². The zero-order valence-electron chi connectivity index (χ0n) is 17.2. The van der Waals surface area contributed by atoms with Crippen LogP contribution in [0.5, 0.6) is 11.5 Å². The number of carbonyl (C=O) groups excluding carboxylic acids is 1. The largest absolute Gasteiger partial charge is 0.573 e. The molecular weight excluding hydrogens is 461 g/mol. The summed E-state index contributed by atoms with van der Waals surface area (Å²) in [6, 6.07) is 10.7. The van der Waals surface area contributed by atoms with E-state index in [2.05, 4.69) is 4.74 Å². The monoisotopic (exact) mass is 478 g/mol. The van der Waals surface area contributed by atoms with E-state index < -0.39 is 23.2 Å². The fraction of sp³-hybridized carbons (Fsp3) is 0.227. The normalized spacial score (nSPS) is 15.6. The van der Waals surface area contributed by atoms with Crippen LogP contribution in [0.25, 0.3) is 0 Å². The molecule has 2 heterocycles. The molecule has 4 rings (SSSR count). The quantitative estimate of drug-likeness (QED) is 0.365. The molecule has 0 bridgehead atoms. The Morgan fingerprint density at radius 2 is 1.91 bits per heavy atom. The predicted molar refractivity (Wildman–Crippen MR) is 114 cm³/mol. The Morgan fingerprint density at radius 1 is 1.18 bits per heavy atom. The van der Waals surface area contributed by atoms with E-state index in [-0.39, 0.29) is 22.7 Å². The molecule has 1 amide bonds. The summed E-state index contributed by atoms with van der Waals surface area (Å²) >= 11 is 1.54. The van der Waals surface area contributed by atoms with Crippen molar-refractivity contribution in [3.05, 3.63) is 85.6 Å². The third-order valence-corrected chi connectivity index (χ3v) is 6.28. The molecule has 0 aliphatic carbocycles. The second-order valence-electron chi connectivity index (χ2n) is 7.21. The molecule has 7 nitrogen and oxygen atoms in total. The molecule has 1 aromatic heterocycles. The van der Waals surface area contributed by atoms with Gasteiger partial charge in [-0.1, -0.05) is 12.1 Å². The number of amides is 1. The molecule has 3 aromatic rings. The van der Waals surface area contributed by atoms with E-state index in [1.165, 1.54) is 60.9 Å². The minimum atomic E-state index is -4.81. The summed E-state index contributed by atoms with van der Waals surface area (Å²) in [6.45, 7) is 0.345. The first-order valence-corrected chi connectivity index (χ1v) is 10.6. The molecule has 0 saturated carbocycles. The molecule has 0 spiro atoms. The predicted octanol–water partition coefficient (Wildman–Crippen LogP) is 5.35. The molecule has 2 aromatic carbocycles. The fourth-order valence-electron chi connectivity index (χ4n) is 3.88. The first-order valence-electron chi connectivity index (χ1n) is 9.73. The highest BCUT2D eigenvalue weighted by molar-refractivity contribution is 7.10. The van der Waals surface area contributed by atoms with Crippen molar-refractivity contribution in [2.75, 3.05) is 13.7 Å². The maximum absolute atomic E-state index is 13.4. The summed E-state index contributed by atoms with van der Waals surface area (Å²) < 4.78 is 46.5. The van der Waals surface area contributed by atoms with Crippen molar-refractivity contribution in [3.63, 3.8) is 0 Å². The number of hydrogen-bond acceptors (Lipinski definition) is 6. The summed E-state index contributed by atoms with van der Waals surface area (Å²) in [6.07, 6.45) is -4.21. The second kappa shape index (κ2) is 8.74. The molecule has 1 unspecified atom stereocenters. The molecule has 0 saturated heterocycles. The standard InChI is InChI=1S/C22H17F3N2O5S/c1-31-18-7-4-14(12-17(18)27(29)30)21(28)26-10-8-19-16(9-11-33-19)20(26)13-2-5-15(6-3-13)32-22(23,24)25/h2-7,9,11-12,20H,8,10H2,1H3. The van der Waals surface area contributed by atoms with E-state index >= 15 is 0 Å². The van der Waals surface area contributed by atoms with Gasteiger partial charge in [0.25, 0.3) is 5.91 Å². The number of nitrogens with zero attached hydrogens (tertiary/aromatic N) is 2. The number of halogens is 3. The van der Waals surface area contributed by atoms with Gasteiger partial charge in [0, 0.05) is 23.1 Å². The van der Waals surface area contributed by atoms with Crippen molar-refractivity contribution in [1.82, 2.24) is 4.90 Å². The van der Waals surface area contributed by atoms with Crippen LogP contribution in [0.15, 0.2) is 53.9 Å². The van der Waals surface area contributed by atoms with Crippen LogP contribution in [-0.4, -0.2) is 35.7 Å². The average Bonchev–Trinajstić information content (AvgIpc) is 3.26. The van der Waals surface area contributed by atoms with Crippen molar-refractivity contribution in [2.45, 2.75) is 18.8 Å². The van der Waals surface area contributed by atoms with Crippen LogP contribution in [0.4, 0.5) is 18.9 Å². The Balaban J connectivity index is 1.71. The summed E-state index contributed by atoms with van der Waals surface area (Å²) in [7, 11) is 1.30. The van der Waals surface area contributed by atoms with Crippen molar-refractivity contribution >= 4 is 22.9 Å². The van der Waals surface area contributed by atoms with E-state index in [1.807, 2.05) is 11.4 Å². The van der Waals surface area contributed by atoms with Crippen LogP contribution in [0.2, 0.25) is 0 Å². The minimum Gasteiger partial charge on any atom is -0.490 e. The zero-order chi connectivity index (χ0) is 23.8. The number of thiophene rings is 1. The molecule has 1 aliphatic heterocycles. The average molecular weight is 478 g/mol. The second-order valence-corrected chi connectivity index (χ2v) is 8.21. The molecule has 33 heavy (non-hydrogen) atoms. The van der Waals surface area contributed by atoms with Gasteiger partial charge in [-0.05, 0) is 53.3 Å². The summed E-state index contributed by atoms with van der Waals surface area (Å²) in [5.74, 6) is -0.762. The number of ether oxygens (including phenoxy) is 2. The molecule has 1 aliphatic rings. The maximum Gasteiger partial charge on any atom is 0.573 e. The van der Waals surface area contributed by atoms with Crippen molar-refractivity contribution < 1.29 is 32.4 Å². The lowest BCUT2D eigenvalue weighted by Crippen LogP contribution is -2.40. The fourth-order valence-corrected chi connectivity index (χ4v) is 4.78. The van der Waals surface area contributed by atoms with Crippen molar-refractivity contribution in [3.8, 4) is 11.5 Å². The number of hydrogen-bond donors (Lipinski definition) is 0. The topological polar surface area (TPSA) is 81.9 Å². The Morgan fingerprint density at radius 3 is 2.55 bits per heavy atom.